The van der Waals surface area contributed by atoms with Crippen molar-refractivity contribution in [3.63, 3.8) is 0 Å². The first-order chi connectivity index (χ1) is 14.5. The molecule has 146 valence electrons. The summed E-state index contributed by atoms with van der Waals surface area (Å²) in [7, 11) is 1.63. The Morgan fingerprint density at radius 2 is 1.83 bits per heavy atom. The second kappa shape index (κ2) is 7.48. The Morgan fingerprint density at radius 3 is 2.47 bits per heavy atom. The zero-order valence-electron chi connectivity index (χ0n) is 16.0. The Balaban J connectivity index is 1.68. The van der Waals surface area contributed by atoms with E-state index in [1.54, 1.807) is 72.5 Å². The molecule has 0 fully saturated rings. The minimum atomic E-state index is -0.490. The number of anilines is 1. The van der Waals surface area contributed by atoms with E-state index in [0.29, 0.717) is 22.6 Å². The third-order valence-corrected chi connectivity index (χ3v) is 4.76. The molecular weight excluding hydrogens is 380 g/mol. The van der Waals surface area contributed by atoms with Crippen LogP contribution in [0.3, 0.4) is 0 Å². The van der Waals surface area contributed by atoms with Gasteiger partial charge in [0.1, 0.15) is 5.82 Å². The van der Waals surface area contributed by atoms with E-state index in [2.05, 4.69) is 14.9 Å². The number of carbonyl (C=O) groups is 2. The van der Waals surface area contributed by atoms with E-state index in [1.165, 1.54) is 11.1 Å². The first-order valence-electron chi connectivity index (χ1n) is 8.97. The fourth-order valence-electron chi connectivity index (χ4n) is 3.09. The van der Waals surface area contributed by atoms with Crippen molar-refractivity contribution in [2.45, 2.75) is 0 Å². The van der Waals surface area contributed by atoms with Gasteiger partial charge in [0.05, 0.1) is 18.3 Å². The summed E-state index contributed by atoms with van der Waals surface area (Å²) in [6.45, 7) is 7.00. The Labute approximate surface area is 172 Å². The first kappa shape index (κ1) is 18.8. The van der Waals surface area contributed by atoms with Crippen LogP contribution in [0.4, 0.5) is 11.5 Å². The molecule has 0 atom stereocenters. The van der Waals surface area contributed by atoms with Gasteiger partial charge >= 0.3 is 0 Å². The molecule has 2 N–H and O–H groups in total. The van der Waals surface area contributed by atoms with Crippen LogP contribution in [0.2, 0.25) is 0 Å². The van der Waals surface area contributed by atoms with Crippen molar-refractivity contribution in [2.75, 3.05) is 11.9 Å². The predicted molar refractivity (Wildman–Crippen MR) is 112 cm³/mol. The van der Waals surface area contributed by atoms with E-state index in [4.69, 9.17) is 12.3 Å². The van der Waals surface area contributed by atoms with E-state index in [0.717, 1.165) is 16.6 Å². The Hall–Kier alpha value is -4.51. The number of carbonyl (C=O) groups excluding carboxylic acids is 2. The average molecular weight is 396 g/mol. The van der Waals surface area contributed by atoms with E-state index >= 15 is 0 Å². The van der Waals surface area contributed by atoms with Crippen LogP contribution in [-0.2, 0) is 0 Å². The molecule has 1 aromatic carbocycles. The van der Waals surface area contributed by atoms with Crippen LogP contribution < -0.4 is 10.6 Å². The largest absolute Gasteiger partial charge is 0.366 e. The lowest BCUT2D eigenvalue weighted by Gasteiger charge is -2.16. The molecule has 0 radical (unpaired) electrons. The fourth-order valence-corrected chi connectivity index (χ4v) is 3.09. The summed E-state index contributed by atoms with van der Waals surface area (Å²) in [5.74, 6) is -0.282. The number of pyridine rings is 2. The molecule has 0 unspecified atom stereocenters. The van der Waals surface area contributed by atoms with Crippen molar-refractivity contribution < 1.29 is 9.59 Å². The molecule has 8 nitrogen and oxygen atoms in total. The van der Waals surface area contributed by atoms with Gasteiger partial charge in [0, 0.05) is 36.1 Å². The fraction of sp³-hybridized carbons (Fsp3) is 0.0455. The summed E-state index contributed by atoms with van der Waals surface area (Å²) in [5, 5.41) is 4.33. The average Bonchev–Trinajstić information content (AvgIpc) is 3.21. The van der Waals surface area contributed by atoms with Crippen LogP contribution in [-0.4, -0.2) is 33.5 Å². The van der Waals surface area contributed by atoms with Crippen LogP contribution in [0.15, 0.2) is 67.1 Å². The maximum absolute atomic E-state index is 13.0. The normalized spacial score (nSPS) is 10.5. The molecule has 0 aliphatic heterocycles. The summed E-state index contributed by atoms with van der Waals surface area (Å²) in [6, 6.07) is 13.6. The molecule has 0 saturated heterocycles. The molecule has 0 spiro atoms. The number of fused-ring (bicyclic) bond motifs is 1. The lowest BCUT2D eigenvalue weighted by atomic mass is 10.0. The molecule has 0 saturated carbocycles. The van der Waals surface area contributed by atoms with Gasteiger partial charge < -0.3 is 5.73 Å². The number of primary amides is 1. The van der Waals surface area contributed by atoms with Gasteiger partial charge in [-0.05, 0) is 35.9 Å². The zero-order chi connectivity index (χ0) is 21.3. The van der Waals surface area contributed by atoms with Gasteiger partial charge in [-0.25, -0.2) is 9.36 Å². The van der Waals surface area contributed by atoms with Gasteiger partial charge in [-0.15, -0.1) is 0 Å². The van der Waals surface area contributed by atoms with E-state index in [9.17, 15) is 9.59 Å². The van der Waals surface area contributed by atoms with Gasteiger partial charge in [-0.1, -0.05) is 18.2 Å². The Kier molecular flexibility index (Phi) is 4.70. The van der Waals surface area contributed by atoms with Crippen molar-refractivity contribution in [3.05, 3.63) is 89.7 Å². The second-order valence-electron chi connectivity index (χ2n) is 6.60. The van der Waals surface area contributed by atoms with E-state index in [-0.39, 0.29) is 5.91 Å². The maximum atomic E-state index is 13.0. The quantitative estimate of drug-likeness (QED) is 0.535. The number of nitrogens with zero attached hydrogens (tertiary/aromatic N) is 5. The zero-order valence-corrected chi connectivity index (χ0v) is 16.0. The van der Waals surface area contributed by atoms with E-state index < -0.39 is 5.91 Å². The van der Waals surface area contributed by atoms with Crippen molar-refractivity contribution in [1.82, 2.24) is 14.6 Å². The summed E-state index contributed by atoms with van der Waals surface area (Å²) in [4.78, 5) is 33.2. The maximum Gasteiger partial charge on any atom is 0.259 e. The van der Waals surface area contributed by atoms with Crippen molar-refractivity contribution in [1.29, 1.82) is 0 Å². The van der Waals surface area contributed by atoms with Crippen LogP contribution in [0.25, 0.3) is 21.5 Å². The molecule has 0 bridgehead atoms. The third-order valence-electron chi connectivity index (χ3n) is 4.76. The Morgan fingerprint density at radius 1 is 1.07 bits per heavy atom. The SMILES string of the molecule is [C-]#[N+]c1ccc(N(C)C(=O)c2ccn3ncc(-c4ccc(C(N)=O)cc4)c3c2)nc1. The number of amides is 2. The highest BCUT2D eigenvalue weighted by Crippen LogP contribution is 2.26. The molecule has 4 aromatic rings. The topological polar surface area (TPSA) is 98.0 Å². The molecule has 4 rings (SSSR count). The molecule has 3 aromatic heterocycles. The number of aromatic nitrogens is 3. The summed E-state index contributed by atoms with van der Waals surface area (Å²) in [6.07, 6.45) is 4.85. The molecule has 8 heteroatoms. The number of benzene rings is 1. The lowest BCUT2D eigenvalue weighted by Crippen LogP contribution is -2.27. The molecule has 0 aliphatic carbocycles. The minimum absolute atomic E-state index is 0.239. The van der Waals surface area contributed by atoms with Gasteiger partial charge in [0.15, 0.2) is 0 Å². The molecule has 2 amide bonds. The number of rotatable bonds is 4. The highest BCUT2D eigenvalue weighted by molar-refractivity contribution is 6.06. The predicted octanol–water partition coefficient (Wildman–Crippen LogP) is 3.32. The number of hydrogen-bond donors (Lipinski definition) is 1. The van der Waals surface area contributed by atoms with E-state index in [1.807, 2.05) is 0 Å². The highest BCUT2D eigenvalue weighted by Gasteiger charge is 2.17. The summed E-state index contributed by atoms with van der Waals surface area (Å²) in [5.41, 5.74) is 9.02. The second-order valence-corrected chi connectivity index (χ2v) is 6.60. The van der Waals surface area contributed by atoms with Gasteiger partial charge in [-0.3, -0.25) is 19.5 Å². The van der Waals surface area contributed by atoms with Crippen LogP contribution >= 0.6 is 0 Å². The monoisotopic (exact) mass is 396 g/mol. The summed E-state index contributed by atoms with van der Waals surface area (Å²) < 4.78 is 1.68. The third kappa shape index (κ3) is 3.36. The molecule has 30 heavy (non-hydrogen) atoms. The van der Waals surface area contributed by atoms with Crippen LogP contribution in [0.1, 0.15) is 20.7 Å². The molecule has 0 aliphatic rings. The van der Waals surface area contributed by atoms with Gasteiger partial charge in [-0.2, -0.15) is 5.10 Å². The van der Waals surface area contributed by atoms with Crippen LogP contribution in [0, 0.1) is 6.57 Å². The Bertz CT molecular complexity index is 1300. The number of hydrogen-bond acceptors (Lipinski definition) is 4. The molecular formula is C22H16N6O2. The van der Waals surface area contributed by atoms with Gasteiger partial charge in [0.25, 0.3) is 5.91 Å². The van der Waals surface area contributed by atoms with Crippen LogP contribution in [0.5, 0.6) is 0 Å². The standard InChI is InChI=1S/C22H16N6O2/c1-24-17-7-8-20(25-12-17)27(2)22(30)16-9-10-28-19(11-16)18(13-26-28)14-3-5-15(6-4-14)21(23)29/h3-13H,2H3,(H2,23,29). The number of nitrogens with two attached hydrogens (primary N) is 1. The van der Waals surface area contributed by atoms with Crippen molar-refractivity contribution in [2.24, 2.45) is 5.73 Å². The van der Waals surface area contributed by atoms with Crippen molar-refractivity contribution >= 4 is 28.8 Å². The van der Waals surface area contributed by atoms with Crippen molar-refractivity contribution in [3.8, 4) is 11.1 Å². The molecule has 3 heterocycles. The lowest BCUT2D eigenvalue weighted by molar-refractivity contribution is 0.0987. The highest BCUT2D eigenvalue weighted by atomic mass is 16.2. The minimum Gasteiger partial charge on any atom is -0.366 e. The van der Waals surface area contributed by atoms with Gasteiger partial charge in [0.2, 0.25) is 11.6 Å². The smallest absolute Gasteiger partial charge is 0.259 e. The first-order valence-corrected chi connectivity index (χ1v) is 8.97. The summed E-state index contributed by atoms with van der Waals surface area (Å²) >= 11 is 0.